The minimum absolute atomic E-state index is 0.0148. The Morgan fingerprint density at radius 3 is 2.22 bits per heavy atom. The van der Waals surface area contributed by atoms with E-state index in [1.165, 1.54) is 6.07 Å². The average Bonchev–Trinajstić information content (AvgIpc) is 3.73. The van der Waals surface area contributed by atoms with Crippen LogP contribution in [0.4, 0.5) is 15.8 Å². The number of morpholine rings is 1. The molecule has 0 aliphatic carbocycles. The van der Waals surface area contributed by atoms with E-state index in [9.17, 15) is 24.8 Å². The van der Waals surface area contributed by atoms with Crippen LogP contribution in [0.5, 0.6) is 11.5 Å². The molecule has 0 spiro atoms. The number of nitrogens with zero attached hydrogens (tertiary/aromatic N) is 6. The Bertz CT molecular complexity index is 2670. The predicted octanol–water partition coefficient (Wildman–Crippen LogP) is 8.56. The maximum atomic E-state index is 15.2. The number of carboxylic acid groups (broad SMARTS) is 1. The molecule has 0 atom stereocenters. The number of carbonyl (C=O) groups is 3. The number of aromatic carboxylic acids is 1. The SMILES string of the molecule is Cc1c(N(C(=O)c2cc(-c3cc4c(cc3C(=O)O)CN(C(=O)Cc3ccc(OCCN5CCOCC5)cc3F)CC4)n(C)c2C)c2ccc(O[Si](C)(C)C(C)(C)C)cc2)cc(C#N)n1C. The summed E-state index contributed by atoms with van der Waals surface area (Å²) in [6.07, 6.45) is 0.309. The number of ether oxygens (including phenoxy) is 2. The maximum absolute atomic E-state index is 15.2. The zero-order chi connectivity index (χ0) is 47.0. The van der Waals surface area contributed by atoms with Crippen LogP contribution >= 0.6 is 0 Å². The zero-order valence-electron chi connectivity index (χ0n) is 38.9. The molecule has 4 heterocycles. The lowest BCUT2D eigenvalue weighted by Crippen LogP contribution is -2.43. The molecular formula is C50H59FN6O7Si. The summed E-state index contributed by atoms with van der Waals surface area (Å²) in [5, 5.41) is 20.5. The van der Waals surface area contributed by atoms with Gasteiger partial charge in [0.2, 0.25) is 14.2 Å². The van der Waals surface area contributed by atoms with Crippen LogP contribution in [0.25, 0.3) is 11.3 Å². The van der Waals surface area contributed by atoms with Crippen LogP contribution in [-0.4, -0.2) is 96.1 Å². The number of hydrogen-bond acceptors (Lipinski definition) is 8. The highest BCUT2D eigenvalue weighted by molar-refractivity contribution is 6.74. The second-order valence-corrected chi connectivity index (χ2v) is 23.2. The number of carbonyl (C=O) groups excluding carboxylic acids is 2. The summed E-state index contributed by atoms with van der Waals surface area (Å²) < 4.78 is 36.5. The molecule has 13 nitrogen and oxygen atoms in total. The van der Waals surface area contributed by atoms with Crippen LogP contribution in [0, 0.1) is 31.0 Å². The van der Waals surface area contributed by atoms with E-state index in [1.54, 1.807) is 58.8 Å². The number of aromatic nitrogens is 2. The molecule has 1 saturated heterocycles. The molecule has 15 heteroatoms. The molecule has 0 unspecified atom stereocenters. The van der Waals surface area contributed by atoms with Gasteiger partial charge in [0, 0.05) is 81.2 Å². The van der Waals surface area contributed by atoms with Gasteiger partial charge in [0.05, 0.1) is 36.4 Å². The topological polar surface area (TPSA) is 143 Å². The minimum atomic E-state index is -2.15. The predicted molar refractivity (Wildman–Crippen MR) is 250 cm³/mol. The van der Waals surface area contributed by atoms with Crippen molar-refractivity contribution in [3.05, 3.63) is 117 Å². The third-order valence-corrected chi connectivity index (χ3v) is 17.8. The highest BCUT2D eigenvalue weighted by Crippen LogP contribution is 2.40. The summed E-state index contributed by atoms with van der Waals surface area (Å²) in [6, 6.07) is 21.1. The number of benzene rings is 3. The van der Waals surface area contributed by atoms with Gasteiger partial charge in [-0.1, -0.05) is 26.8 Å². The van der Waals surface area contributed by atoms with Gasteiger partial charge >= 0.3 is 5.97 Å². The molecule has 2 aliphatic heterocycles. The average molecular weight is 903 g/mol. The van der Waals surface area contributed by atoms with Crippen molar-refractivity contribution in [3.63, 3.8) is 0 Å². The molecule has 3 aromatic carbocycles. The number of halogens is 1. The number of anilines is 2. The van der Waals surface area contributed by atoms with E-state index >= 15 is 4.39 Å². The lowest BCUT2D eigenvalue weighted by molar-refractivity contribution is -0.131. The van der Waals surface area contributed by atoms with Crippen molar-refractivity contribution in [2.24, 2.45) is 14.1 Å². The Balaban J connectivity index is 1.13. The summed E-state index contributed by atoms with van der Waals surface area (Å²) in [5.41, 5.74) is 6.03. The Morgan fingerprint density at radius 2 is 1.58 bits per heavy atom. The normalized spacial score (nSPS) is 14.4. The summed E-state index contributed by atoms with van der Waals surface area (Å²) in [6.45, 7) is 19.3. The van der Waals surface area contributed by atoms with Crippen LogP contribution < -0.4 is 14.1 Å². The quantitative estimate of drug-likeness (QED) is 0.115. The zero-order valence-corrected chi connectivity index (χ0v) is 39.9. The summed E-state index contributed by atoms with van der Waals surface area (Å²) in [5.74, 6) is -1.20. The van der Waals surface area contributed by atoms with E-state index in [0.717, 1.165) is 18.7 Å². The monoisotopic (exact) mass is 902 g/mol. The van der Waals surface area contributed by atoms with Crippen molar-refractivity contribution in [1.29, 1.82) is 5.26 Å². The fraction of sp³-hybridized carbons (Fsp3) is 0.400. The van der Waals surface area contributed by atoms with E-state index in [1.807, 2.05) is 48.7 Å². The molecule has 5 aromatic rings. The van der Waals surface area contributed by atoms with Crippen molar-refractivity contribution in [3.8, 4) is 28.8 Å². The van der Waals surface area contributed by atoms with Crippen LogP contribution in [0.15, 0.2) is 66.7 Å². The molecule has 2 amide bonds. The lowest BCUT2D eigenvalue weighted by atomic mass is 9.91. The second-order valence-electron chi connectivity index (χ2n) is 18.5. The molecule has 2 aliphatic rings. The van der Waals surface area contributed by atoms with Gasteiger partial charge in [-0.2, -0.15) is 5.26 Å². The van der Waals surface area contributed by atoms with Crippen molar-refractivity contribution in [1.82, 2.24) is 18.9 Å². The van der Waals surface area contributed by atoms with E-state index < -0.39 is 20.1 Å². The third-order valence-electron chi connectivity index (χ3n) is 13.5. The first-order valence-electron chi connectivity index (χ1n) is 22.0. The van der Waals surface area contributed by atoms with E-state index in [2.05, 4.69) is 44.8 Å². The fourth-order valence-electron chi connectivity index (χ4n) is 8.15. The van der Waals surface area contributed by atoms with Gasteiger partial charge in [-0.3, -0.25) is 19.4 Å². The minimum Gasteiger partial charge on any atom is -0.544 e. The van der Waals surface area contributed by atoms with Gasteiger partial charge in [-0.25, -0.2) is 9.18 Å². The van der Waals surface area contributed by atoms with Gasteiger partial charge in [0.1, 0.15) is 35.7 Å². The molecule has 0 bridgehead atoms. The first kappa shape index (κ1) is 46.8. The maximum Gasteiger partial charge on any atom is 0.336 e. The molecule has 1 N–H and O–H groups in total. The van der Waals surface area contributed by atoms with Crippen LogP contribution in [0.2, 0.25) is 18.1 Å². The van der Waals surface area contributed by atoms with Crippen LogP contribution in [0.1, 0.15) is 75.3 Å². The smallest absolute Gasteiger partial charge is 0.336 e. The van der Waals surface area contributed by atoms with E-state index in [0.29, 0.717) is 102 Å². The van der Waals surface area contributed by atoms with Gasteiger partial charge in [0.25, 0.3) is 5.91 Å². The largest absolute Gasteiger partial charge is 0.544 e. The van der Waals surface area contributed by atoms with Crippen LogP contribution in [-0.2, 0) is 43.0 Å². The highest BCUT2D eigenvalue weighted by atomic mass is 28.4. The van der Waals surface area contributed by atoms with Crippen molar-refractivity contribution in [2.75, 3.05) is 50.9 Å². The molecule has 65 heavy (non-hydrogen) atoms. The first-order valence-corrected chi connectivity index (χ1v) is 24.9. The summed E-state index contributed by atoms with van der Waals surface area (Å²) >= 11 is 0. The van der Waals surface area contributed by atoms with Crippen LogP contribution in [0.3, 0.4) is 0 Å². The standard InChI is InChI=1S/C50H59FN6O7Si/c1-32-41(48(59)57(45-27-38(30-52)53(6)33(45)2)37-11-14-39(15-12-37)64-65(8,9)50(3,4)5)29-46(54(32)7)42-24-34-16-17-56(31-36(34)25-43(42)49(60)61)47(58)26-35-10-13-40(28-44(35)51)63-23-20-55-18-21-62-22-19-55/h10-15,24-25,27-29H,16-23,26,31H2,1-9H3,(H,60,61). The highest BCUT2D eigenvalue weighted by Gasteiger charge is 2.39. The molecule has 7 rings (SSSR count). The van der Waals surface area contributed by atoms with Gasteiger partial charge < -0.3 is 33.0 Å². The third kappa shape index (κ3) is 9.75. The van der Waals surface area contributed by atoms with Gasteiger partial charge in [0.15, 0.2) is 0 Å². The van der Waals surface area contributed by atoms with E-state index in [4.69, 9.17) is 13.9 Å². The number of amides is 2. The fourth-order valence-corrected chi connectivity index (χ4v) is 9.18. The number of rotatable bonds is 13. The molecule has 0 saturated carbocycles. The Labute approximate surface area is 381 Å². The summed E-state index contributed by atoms with van der Waals surface area (Å²) in [4.78, 5) is 47.0. The molecule has 2 aromatic heterocycles. The molecule has 1 fully saturated rings. The number of fused-ring (bicyclic) bond motifs is 1. The van der Waals surface area contributed by atoms with Crippen molar-refractivity contribution >= 4 is 37.5 Å². The first-order chi connectivity index (χ1) is 30.8. The number of hydrogen-bond donors (Lipinski definition) is 1. The van der Waals surface area contributed by atoms with Crippen molar-refractivity contribution in [2.45, 2.75) is 72.1 Å². The Hall–Kier alpha value is -6.21. The van der Waals surface area contributed by atoms with Gasteiger partial charge in [-0.05, 0) is 110 Å². The molecular weight excluding hydrogens is 844 g/mol. The number of nitriles is 1. The molecule has 342 valence electrons. The Morgan fingerprint density at radius 1 is 0.892 bits per heavy atom. The number of carboxylic acids is 1. The van der Waals surface area contributed by atoms with E-state index in [-0.39, 0.29) is 40.9 Å². The second kappa shape index (κ2) is 18.7. The van der Waals surface area contributed by atoms with Gasteiger partial charge in [-0.15, -0.1) is 0 Å². The molecule has 0 radical (unpaired) electrons. The van der Waals surface area contributed by atoms with Crippen molar-refractivity contribution < 1.29 is 37.8 Å². The Kier molecular flexibility index (Phi) is 13.5. The summed E-state index contributed by atoms with van der Waals surface area (Å²) in [7, 11) is 1.44. The lowest BCUT2D eigenvalue weighted by Gasteiger charge is -2.36.